The highest BCUT2D eigenvalue weighted by Gasteiger charge is 2.32. The fourth-order valence-electron chi connectivity index (χ4n) is 1.81. The summed E-state index contributed by atoms with van der Waals surface area (Å²) in [5, 5.41) is 3.45. The molecule has 1 aliphatic rings. The van der Waals surface area contributed by atoms with Gasteiger partial charge < -0.3 is 14.8 Å². The molecule has 4 nitrogen and oxygen atoms in total. The Balaban J connectivity index is 2.06. The molecule has 0 saturated heterocycles. The summed E-state index contributed by atoms with van der Waals surface area (Å²) in [7, 11) is 3.28. The molecular formula is C12H18N2O2. The first-order valence-electron chi connectivity index (χ1n) is 5.55. The third-order valence-electron chi connectivity index (χ3n) is 3.01. The van der Waals surface area contributed by atoms with Crippen molar-refractivity contribution in [3.8, 4) is 11.5 Å². The largest absolute Gasteiger partial charge is 0.493 e. The SMILES string of the molecule is COc1ccnc(CNC2CC2C)c1OC. The lowest BCUT2D eigenvalue weighted by molar-refractivity contribution is 0.348. The average molecular weight is 222 g/mol. The van der Waals surface area contributed by atoms with Crippen LogP contribution in [0.15, 0.2) is 12.3 Å². The number of hydrogen-bond acceptors (Lipinski definition) is 4. The molecule has 1 aliphatic carbocycles. The fourth-order valence-corrected chi connectivity index (χ4v) is 1.81. The molecule has 1 fully saturated rings. The van der Waals surface area contributed by atoms with Crippen molar-refractivity contribution in [2.24, 2.45) is 5.92 Å². The molecule has 0 aromatic carbocycles. The number of pyridine rings is 1. The first-order valence-corrected chi connectivity index (χ1v) is 5.55. The van der Waals surface area contributed by atoms with Crippen molar-refractivity contribution in [3.05, 3.63) is 18.0 Å². The summed E-state index contributed by atoms with van der Waals surface area (Å²) < 4.78 is 10.5. The van der Waals surface area contributed by atoms with Crippen molar-refractivity contribution in [2.75, 3.05) is 14.2 Å². The number of aromatic nitrogens is 1. The molecule has 1 aromatic rings. The quantitative estimate of drug-likeness (QED) is 0.821. The van der Waals surface area contributed by atoms with Crippen molar-refractivity contribution in [1.29, 1.82) is 0 Å². The molecule has 2 unspecified atom stereocenters. The lowest BCUT2D eigenvalue weighted by Gasteiger charge is -2.11. The van der Waals surface area contributed by atoms with Crippen LogP contribution in [0.3, 0.4) is 0 Å². The Labute approximate surface area is 96.0 Å². The summed E-state index contributed by atoms with van der Waals surface area (Å²) in [5.41, 5.74) is 0.904. The highest BCUT2D eigenvalue weighted by molar-refractivity contribution is 5.42. The molecule has 16 heavy (non-hydrogen) atoms. The summed E-state index contributed by atoms with van der Waals surface area (Å²) in [6, 6.07) is 2.44. The van der Waals surface area contributed by atoms with Crippen molar-refractivity contribution in [2.45, 2.75) is 25.9 Å². The number of methoxy groups -OCH3 is 2. The van der Waals surface area contributed by atoms with Gasteiger partial charge in [-0.15, -0.1) is 0 Å². The highest BCUT2D eigenvalue weighted by Crippen LogP contribution is 2.32. The zero-order chi connectivity index (χ0) is 11.5. The van der Waals surface area contributed by atoms with E-state index in [9.17, 15) is 0 Å². The van der Waals surface area contributed by atoms with Crippen molar-refractivity contribution >= 4 is 0 Å². The smallest absolute Gasteiger partial charge is 0.183 e. The van der Waals surface area contributed by atoms with Gasteiger partial charge in [-0.25, -0.2) is 0 Å². The summed E-state index contributed by atoms with van der Waals surface area (Å²) in [6.07, 6.45) is 3.00. The Hall–Kier alpha value is -1.29. The Kier molecular flexibility index (Phi) is 3.29. The number of nitrogens with zero attached hydrogens (tertiary/aromatic N) is 1. The Morgan fingerprint density at radius 3 is 2.75 bits per heavy atom. The molecule has 0 bridgehead atoms. The van der Waals surface area contributed by atoms with Crippen LogP contribution >= 0.6 is 0 Å². The van der Waals surface area contributed by atoms with Crippen LogP contribution in [0.5, 0.6) is 11.5 Å². The van der Waals surface area contributed by atoms with Crippen LogP contribution in [0, 0.1) is 5.92 Å². The van der Waals surface area contributed by atoms with Crippen LogP contribution in [0.25, 0.3) is 0 Å². The normalized spacial score (nSPS) is 22.9. The third kappa shape index (κ3) is 2.27. The van der Waals surface area contributed by atoms with E-state index in [2.05, 4.69) is 17.2 Å². The molecule has 2 atom stereocenters. The van der Waals surface area contributed by atoms with E-state index in [-0.39, 0.29) is 0 Å². The average Bonchev–Trinajstić information content (AvgIpc) is 3.02. The second-order valence-electron chi connectivity index (χ2n) is 4.19. The van der Waals surface area contributed by atoms with E-state index in [0.29, 0.717) is 6.04 Å². The Morgan fingerprint density at radius 1 is 1.44 bits per heavy atom. The molecular weight excluding hydrogens is 204 g/mol. The van der Waals surface area contributed by atoms with E-state index < -0.39 is 0 Å². The highest BCUT2D eigenvalue weighted by atomic mass is 16.5. The standard InChI is InChI=1S/C12H18N2O2/c1-8-6-9(8)14-7-10-12(16-3)11(15-2)4-5-13-10/h4-5,8-9,14H,6-7H2,1-3H3. The number of rotatable bonds is 5. The molecule has 4 heteroatoms. The molecule has 88 valence electrons. The van der Waals surface area contributed by atoms with Gasteiger partial charge in [0.25, 0.3) is 0 Å². The molecule has 0 aliphatic heterocycles. The zero-order valence-corrected chi connectivity index (χ0v) is 9.99. The van der Waals surface area contributed by atoms with E-state index >= 15 is 0 Å². The molecule has 1 heterocycles. The molecule has 0 amide bonds. The van der Waals surface area contributed by atoms with Crippen LogP contribution in [0.2, 0.25) is 0 Å². The van der Waals surface area contributed by atoms with E-state index in [1.807, 2.05) is 6.07 Å². The second-order valence-corrected chi connectivity index (χ2v) is 4.19. The number of hydrogen-bond donors (Lipinski definition) is 1. The summed E-state index contributed by atoms with van der Waals surface area (Å²) >= 11 is 0. The van der Waals surface area contributed by atoms with Crippen molar-refractivity contribution < 1.29 is 9.47 Å². The summed E-state index contributed by atoms with van der Waals surface area (Å²) in [4.78, 5) is 4.32. The number of nitrogens with one attached hydrogen (secondary N) is 1. The van der Waals surface area contributed by atoms with Gasteiger partial charge in [-0.1, -0.05) is 6.92 Å². The van der Waals surface area contributed by atoms with E-state index in [4.69, 9.17) is 9.47 Å². The Morgan fingerprint density at radius 2 is 2.19 bits per heavy atom. The topological polar surface area (TPSA) is 43.4 Å². The van der Waals surface area contributed by atoms with Gasteiger partial charge in [-0.3, -0.25) is 4.98 Å². The van der Waals surface area contributed by atoms with Gasteiger partial charge >= 0.3 is 0 Å². The minimum absolute atomic E-state index is 0.637. The van der Waals surface area contributed by atoms with E-state index in [1.165, 1.54) is 6.42 Å². The van der Waals surface area contributed by atoms with Gasteiger partial charge in [-0.2, -0.15) is 0 Å². The van der Waals surface area contributed by atoms with Crippen LogP contribution in [0.4, 0.5) is 0 Å². The zero-order valence-electron chi connectivity index (χ0n) is 9.99. The van der Waals surface area contributed by atoms with E-state index in [1.54, 1.807) is 20.4 Å². The van der Waals surface area contributed by atoms with Gasteiger partial charge in [-0.05, 0) is 12.3 Å². The monoisotopic (exact) mass is 222 g/mol. The molecule has 2 rings (SSSR count). The maximum atomic E-state index is 5.32. The maximum Gasteiger partial charge on any atom is 0.183 e. The molecule has 1 saturated carbocycles. The predicted molar refractivity (Wildman–Crippen MR) is 61.7 cm³/mol. The minimum atomic E-state index is 0.637. The third-order valence-corrected chi connectivity index (χ3v) is 3.01. The first-order chi connectivity index (χ1) is 7.76. The first kappa shape index (κ1) is 11.2. The molecule has 0 radical (unpaired) electrons. The minimum Gasteiger partial charge on any atom is -0.493 e. The van der Waals surface area contributed by atoms with Gasteiger partial charge in [0.05, 0.1) is 19.9 Å². The lowest BCUT2D eigenvalue weighted by Crippen LogP contribution is -2.18. The molecule has 1 N–H and O–H groups in total. The second kappa shape index (κ2) is 4.70. The lowest BCUT2D eigenvalue weighted by atomic mass is 10.3. The summed E-state index contributed by atoms with van der Waals surface area (Å²) in [6.45, 7) is 2.98. The summed E-state index contributed by atoms with van der Waals surface area (Å²) in [5.74, 6) is 2.25. The number of ether oxygens (including phenoxy) is 2. The van der Waals surface area contributed by atoms with Crippen molar-refractivity contribution in [3.63, 3.8) is 0 Å². The predicted octanol–water partition coefficient (Wildman–Crippen LogP) is 1.60. The Bertz CT molecular complexity index is 368. The van der Waals surface area contributed by atoms with Crippen LogP contribution in [-0.2, 0) is 6.54 Å². The van der Waals surface area contributed by atoms with Gasteiger partial charge in [0.2, 0.25) is 0 Å². The van der Waals surface area contributed by atoms with Crippen LogP contribution in [-0.4, -0.2) is 25.2 Å². The molecule has 0 spiro atoms. The molecule has 1 aromatic heterocycles. The van der Waals surface area contributed by atoms with Crippen LogP contribution in [0.1, 0.15) is 19.0 Å². The fraction of sp³-hybridized carbons (Fsp3) is 0.583. The maximum absolute atomic E-state index is 5.32. The van der Waals surface area contributed by atoms with E-state index in [0.717, 1.165) is 29.7 Å². The van der Waals surface area contributed by atoms with Crippen LogP contribution < -0.4 is 14.8 Å². The van der Waals surface area contributed by atoms with Gasteiger partial charge in [0, 0.05) is 24.8 Å². The van der Waals surface area contributed by atoms with Gasteiger partial charge in [0.1, 0.15) is 0 Å². The van der Waals surface area contributed by atoms with Gasteiger partial charge in [0.15, 0.2) is 11.5 Å². The van der Waals surface area contributed by atoms with Crippen molar-refractivity contribution in [1.82, 2.24) is 10.3 Å².